The summed E-state index contributed by atoms with van der Waals surface area (Å²) in [5.74, 6) is -0.148. The van der Waals surface area contributed by atoms with E-state index in [-0.39, 0.29) is 18.1 Å². The first-order valence-electron chi connectivity index (χ1n) is 6.56. The molecule has 0 radical (unpaired) electrons. The Kier molecular flexibility index (Phi) is 5.37. The summed E-state index contributed by atoms with van der Waals surface area (Å²) in [5.41, 5.74) is 6.69. The molecule has 0 aromatic carbocycles. The first kappa shape index (κ1) is 16.4. The summed E-state index contributed by atoms with van der Waals surface area (Å²) in [6, 6.07) is 0. The Labute approximate surface area is 133 Å². The Balaban J connectivity index is 2.34. The van der Waals surface area contributed by atoms with Crippen molar-refractivity contribution in [2.75, 3.05) is 51.2 Å². The van der Waals surface area contributed by atoms with E-state index in [1.54, 1.807) is 33.0 Å². The number of ether oxygens (including phenoxy) is 2. The standard InChI is InChI=1S/C13H21N3O3S2/c1-15-12(17)10-9(14)11(20-4)13(21-10)16-5-7(18-2)8(6-16)19-3/h7-8H,5-6,14H2,1-4H3,(H,15,17). The molecule has 1 aromatic heterocycles. The smallest absolute Gasteiger partial charge is 0.263 e. The SMILES string of the molecule is CNC(=O)c1sc(N2CC(OC)C(OC)C2)c(SC)c1N. The molecule has 8 heteroatoms. The van der Waals surface area contributed by atoms with Gasteiger partial charge in [0.15, 0.2) is 0 Å². The molecule has 0 saturated carbocycles. The van der Waals surface area contributed by atoms with E-state index in [1.807, 2.05) is 6.26 Å². The summed E-state index contributed by atoms with van der Waals surface area (Å²) in [4.78, 5) is 15.6. The average molecular weight is 331 g/mol. The predicted molar refractivity (Wildman–Crippen MR) is 87.7 cm³/mol. The van der Waals surface area contributed by atoms with Gasteiger partial charge < -0.3 is 25.4 Å². The number of hydrogen-bond donors (Lipinski definition) is 2. The quantitative estimate of drug-likeness (QED) is 0.791. The van der Waals surface area contributed by atoms with Crippen LogP contribution >= 0.6 is 23.1 Å². The van der Waals surface area contributed by atoms with Gasteiger partial charge in [-0.2, -0.15) is 0 Å². The van der Waals surface area contributed by atoms with Crippen molar-refractivity contribution < 1.29 is 14.3 Å². The van der Waals surface area contributed by atoms with E-state index in [0.717, 1.165) is 23.0 Å². The lowest BCUT2D eigenvalue weighted by Gasteiger charge is -2.17. The van der Waals surface area contributed by atoms with E-state index < -0.39 is 0 Å². The van der Waals surface area contributed by atoms with E-state index in [0.29, 0.717) is 10.6 Å². The predicted octanol–water partition coefficient (Wildman–Crippen LogP) is 1.26. The van der Waals surface area contributed by atoms with Gasteiger partial charge >= 0.3 is 0 Å². The maximum Gasteiger partial charge on any atom is 0.263 e. The number of carbonyl (C=O) groups is 1. The van der Waals surface area contributed by atoms with E-state index >= 15 is 0 Å². The maximum absolute atomic E-state index is 11.9. The zero-order valence-corrected chi connectivity index (χ0v) is 14.3. The second kappa shape index (κ2) is 6.87. The van der Waals surface area contributed by atoms with E-state index in [1.165, 1.54) is 11.3 Å². The van der Waals surface area contributed by atoms with Gasteiger partial charge in [0.1, 0.15) is 22.1 Å². The highest BCUT2D eigenvalue weighted by molar-refractivity contribution is 7.99. The Morgan fingerprint density at radius 1 is 1.38 bits per heavy atom. The molecule has 118 valence electrons. The van der Waals surface area contributed by atoms with Crippen molar-refractivity contribution in [3.63, 3.8) is 0 Å². The number of nitrogen functional groups attached to an aromatic ring is 1. The largest absolute Gasteiger partial charge is 0.396 e. The molecule has 0 bridgehead atoms. The molecule has 1 amide bonds. The molecule has 2 rings (SSSR count). The van der Waals surface area contributed by atoms with E-state index in [2.05, 4.69) is 10.2 Å². The van der Waals surface area contributed by atoms with Gasteiger partial charge in [0.25, 0.3) is 5.91 Å². The Morgan fingerprint density at radius 2 is 1.95 bits per heavy atom. The fraction of sp³-hybridized carbons (Fsp3) is 0.615. The molecule has 0 aliphatic carbocycles. The number of rotatable bonds is 5. The van der Waals surface area contributed by atoms with Crippen LogP contribution in [0.15, 0.2) is 4.90 Å². The molecule has 2 unspecified atom stereocenters. The molecular weight excluding hydrogens is 310 g/mol. The van der Waals surface area contributed by atoms with Crippen LogP contribution in [0, 0.1) is 0 Å². The lowest BCUT2D eigenvalue weighted by atomic mass is 10.3. The number of thiophene rings is 1. The molecule has 1 aliphatic rings. The molecule has 21 heavy (non-hydrogen) atoms. The highest BCUT2D eigenvalue weighted by Gasteiger charge is 2.36. The van der Waals surface area contributed by atoms with Crippen LogP contribution < -0.4 is 16.0 Å². The van der Waals surface area contributed by atoms with Gasteiger partial charge in [0.05, 0.1) is 10.6 Å². The highest BCUT2D eigenvalue weighted by atomic mass is 32.2. The van der Waals surface area contributed by atoms with Gasteiger partial charge in [-0.05, 0) is 6.26 Å². The third kappa shape index (κ3) is 2.98. The molecule has 1 aliphatic heterocycles. The third-order valence-corrected chi connectivity index (χ3v) is 5.84. The van der Waals surface area contributed by atoms with Gasteiger partial charge in [-0.15, -0.1) is 23.1 Å². The lowest BCUT2D eigenvalue weighted by Crippen LogP contribution is -2.27. The van der Waals surface area contributed by atoms with Gasteiger partial charge in [-0.3, -0.25) is 4.79 Å². The Bertz CT molecular complexity index is 509. The van der Waals surface area contributed by atoms with Crippen LogP contribution in [-0.2, 0) is 9.47 Å². The van der Waals surface area contributed by atoms with E-state index in [4.69, 9.17) is 15.2 Å². The van der Waals surface area contributed by atoms with E-state index in [9.17, 15) is 4.79 Å². The number of methoxy groups -OCH3 is 2. The van der Waals surface area contributed by atoms with Crippen molar-refractivity contribution in [2.45, 2.75) is 17.1 Å². The van der Waals surface area contributed by atoms with Crippen LogP contribution in [0.3, 0.4) is 0 Å². The van der Waals surface area contributed by atoms with Crippen molar-refractivity contribution in [3.05, 3.63) is 4.88 Å². The fourth-order valence-electron chi connectivity index (χ4n) is 2.47. The number of amides is 1. The number of nitrogens with zero attached hydrogens (tertiary/aromatic N) is 1. The first-order valence-corrected chi connectivity index (χ1v) is 8.60. The van der Waals surface area contributed by atoms with Crippen molar-refractivity contribution in [1.82, 2.24) is 5.32 Å². The molecular formula is C13H21N3O3S2. The normalized spacial score (nSPS) is 21.8. The summed E-state index contributed by atoms with van der Waals surface area (Å²) in [5, 5.41) is 3.65. The minimum Gasteiger partial charge on any atom is -0.396 e. The van der Waals surface area contributed by atoms with Crippen molar-refractivity contribution in [3.8, 4) is 0 Å². The number of anilines is 2. The summed E-state index contributed by atoms with van der Waals surface area (Å²) >= 11 is 2.98. The molecule has 1 saturated heterocycles. The van der Waals surface area contributed by atoms with Gasteiger partial charge in [0.2, 0.25) is 0 Å². The number of thioether (sulfide) groups is 1. The topological polar surface area (TPSA) is 76.8 Å². The lowest BCUT2D eigenvalue weighted by molar-refractivity contribution is -0.00461. The van der Waals surface area contributed by atoms with Crippen LogP contribution in [-0.4, -0.2) is 58.7 Å². The summed E-state index contributed by atoms with van der Waals surface area (Å²) in [7, 11) is 4.99. The molecule has 6 nitrogen and oxygen atoms in total. The van der Waals surface area contributed by atoms with Crippen LogP contribution in [0.4, 0.5) is 10.7 Å². The van der Waals surface area contributed by atoms with Gasteiger partial charge in [0, 0.05) is 34.4 Å². The zero-order chi connectivity index (χ0) is 15.6. The molecule has 1 aromatic rings. The summed E-state index contributed by atoms with van der Waals surface area (Å²) in [6.07, 6.45) is 2.01. The maximum atomic E-state index is 11.9. The van der Waals surface area contributed by atoms with Gasteiger partial charge in [-0.25, -0.2) is 0 Å². The number of nitrogens with two attached hydrogens (primary N) is 1. The van der Waals surface area contributed by atoms with Crippen molar-refractivity contribution in [1.29, 1.82) is 0 Å². The van der Waals surface area contributed by atoms with Crippen LogP contribution in [0.5, 0.6) is 0 Å². The second-order valence-electron chi connectivity index (χ2n) is 4.72. The molecule has 1 fully saturated rings. The summed E-state index contributed by atoms with van der Waals surface area (Å²) < 4.78 is 10.9. The Morgan fingerprint density at radius 3 is 2.38 bits per heavy atom. The summed E-state index contributed by atoms with van der Waals surface area (Å²) in [6.45, 7) is 1.46. The van der Waals surface area contributed by atoms with Crippen molar-refractivity contribution in [2.24, 2.45) is 0 Å². The molecule has 3 N–H and O–H groups in total. The average Bonchev–Trinajstić information content (AvgIpc) is 3.06. The molecule has 2 heterocycles. The number of nitrogens with one attached hydrogen (secondary N) is 1. The minimum atomic E-state index is -0.148. The number of carbonyl (C=O) groups excluding carboxylic acids is 1. The monoisotopic (exact) mass is 331 g/mol. The zero-order valence-electron chi connectivity index (χ0n) is 12.6. The van der Waals surface area contributed by atoms with Gasteiger partial charge in [-0.1, -0.05) is 0 Å². The second-order valence-corrected chi connectivity index (χ2v) is 6.53. The number of hydrogen-bond acceptors (Lipinski definition) is 7. The molecule has 0 spiro atoms. The Hall–Kier alpha value is -0.960. The first-order chi connectivity index (χ1) is 10.1. The fourth-order valence-corrected chi connectivity index (χ4v) is 4.61. The van der Waals surface area contributed by atoms with Crippen LogP contribution in [0.2, 0.25) is 0 Å². The van der Waals surface area contributed by atoms with Crippen molar-refractivity contribution >= 4 is 39.7 Å². The van der Waals surface area contributed by atoms with Crippen LogP contribution in [0.25, 0.3) is 0 Å². The molecule has 2 atom stereocenters. The highest BCUT2D eigenvalue weighted by Crippen LogP contribution is 2.45. The third-order valence-electron chi connectivity index (χ3n) is 3.63. The van der Waals surface area contributed by atoms with Crippen LogP contribution in [0.1, 0.15) is 9.67 Å². The minimum absolute atomic E-state index is 0.0245.